The molecule has 2 aromatic carbocycles. The summed E-state index contributed by atoms with van der Waals surface area (Å²) in [6, 6.07) is 11.9. The van der Waals surface area contributed by atoms with Gasteiger partial charge in [-0.3, -0.25) is 0 Å². The lowest BCUT2D eigenvalue weighted by Crippen LogP contribution is -2.34. The minimum Gasteiger partial charge on any atom is -0.207 e. The fraction of sp³-hybridized carbons (Fsp3) is 0.250. The van der Waals surface area contributed by atoms with E-state index in [-0.39, 0.29) is 24.0 Å². The lowest BCUT2D eigenvalue weighted by molar-refractivity contribution is 0.512. The first-order valence-electron chi connectivity index (χ1n) is 6.34. The third kappa shape index (κ3) is 3.48. The van der Waals surface area contributed by atoms with Gasteiger partial charge >= 0.3 is 0 Å². The van der Waals surface area contributed by atoms with E-state index >= 15 is 0 Å². The van der Waals surface area contributed by atoms with E-state index in [1.165, 1.54) is 6.07 Å². The monoisotopic (exact) mass is 364 g/mol. The van der Waals surface area contributed by atoms with Crippen molar-refractivity contribution in [1.82, 2.24) is 0 Å². The molecule has 0 aromatic heterocycles. The van der Waals surface area contributed by atoms with Crippen molar-refractivity contribution in [2.75, 3.05) is 11.8 Å². The molecule has 21 heavy (non-hydrogen) atoms. The van der Waals surface area contributed by atoms with Gasteiger partial charge < -0.3 is 0 Å². The van der Waals surface area contributed by atoms with Gasteiger partial charge in [-0.1, -0.05) is 47.5 Å². The quantitative estimate of drug-likeness (QED) is 0.562. The Morgan fingerprint density at radius 3 is 2.05 bits per heavy atom. The van der Waals surface area contributed by atoms with Gasteiger partial charge in [0, 0.05) is 32.8 Å². The maximum atomic E-state index is 14.1. The summed E-state index contributed by atoms with van der Waals surface area (Å²) in [6.45, 7) is 0. The Hall–Kier alpha value is -0.470. The number of hydrogen-bond acceptors (Lipinski definition) is 0. The van der Waals surface area contributed by atoms with Gasteiger partial charge in [0.1, 0.15) is 5.82 Å². The average molecular weight is 366 g/mol. The molecule has 0 aliphatic carbocycles. The van der Waals surface area contributed by atoms with Crippen LogP contribution in [-0.2, 0) is 11.8 Å². The molecule has 0 saturated heterocycles. The van der Waals surface area contributed by atoms with E-state index in [9.17, 15) is 4.39 Å². The maximum Gasteiger partial charge on any atom is 0.127 e. The zero-order valence-corrected chi connectivity index (χ0v) is 14.1. The first kappa shape index (κ1) is 16.9. The molecular weight excluding hydrogens is 353 g/mol. The van der Waals surface area contributed by atoms with Crippen molar-refractivity contribution in [2.45, 2.75) is 11.8 Å². The second-order valence-corrected chi connectivity index (χ2v) is 6.25. The molecule has 2 aromatic rings. The van der Waals surface area contributed by atoms with Gasteiger partial charge in [-0.25, -0.2) is 4.39 Å². The van der Waals surface area contributed by atoms with Crippen LogP contribution >= 0.6 is 46.4 Å². The molecule has 2 rings (SSSR count). The van der Waals surface area contributed by atoms with Crippen LogP contribution in [0.3, 0.4) is 0 Å². The van der Waals surface area contributed by atoms with Gasteiger partial charge in [-0.05, 0) is 30.2 Å². The van der Waals surface area contributed by atoms with Crippen LogP contribution in [0.2, 0.25) is 10.0 Å². The van der Waals surface area contributed by atoms with Crippen LogP contribution in [0.1, 0.15) is 11.1 Å². The maximum absolute atomic E-state index is 14.1. The molecule has 112 valence electrons. The number of halogens is 5. The molecule has 0 atom stereocenters. The van der Waals surface area contributed by atoms with Crippen LogP contribution < -0.4 is 0 Å². The second kappa shape index (κ2) is 7.19. The highest BCUT2D eigenvalue weighted by Gasteiger charge is 2.34. The third-order valence-corrected chi connectivity index (χ3v) is 5.24. The molecule has 0 fully saturated rings. The summed E-state index contributed by atoms with van der Waals surface area (Å²) in [6.07, 6.45) is 0.287. The van der Waals surface area contributed by atoms with Crippen LogP contribution in [-0.4, -0.2) is 11.8 Å². The van der Waals surface area contributed by atoms with E-state index in [4.69, 9.17) is 46.4 Å². The summed E-state index contributed by atoms with van der Waals surface area (Å²) in [5.41, 5.74) is 0.532. The summed E-state index contributed by atoms with van der Waals surface area (Å²) in [7, 11) is 0. The number of benzene rings is 2. The minimum absolute atomic E-state index is 0.213. The second-order valence-electron chi connectivity index (χ2n) is 4.90. The van der Waals surface area contributed by atoms with Crippen molar-refractivity contribution in [1.29, 1.82) is 0 Å². The lowest BCUT2D eigenvalue weighted by Gasteiger charge is -2.31. The van der Waals surface area contributed by atoms with Gasteiger partial charge in [0.05, 0.1) is 0 Å². The fourth-order valence-corrected chi connectivity index (χ4v) is 3.63. The number of alkyl halides is 2. The summed E-state index contributed by atoms with van der Waals surface area (Å²) < 4.78 is 14.1. The van der Waals surface area contributed by atoms with E-state index in [1.54, 1.807) is 18.2 Å². The van der Waals surface area contributed by atoms with Crippen molar-refractivity contribution in [3.63, 3.8) is 0 Å². The Labute approximate surface area is 143 Å². The average Bonchev–Trinajstić information content (AvgIpc) is 2.49. The van der Waals surface area contributed by atoms with Gasteiger partial charge in [0.25, 0.3) is 0 Å². The number of hydrogen-bond donors (Lipinski definition) is 0. The van der Waals surface area contributed by atoms with Crippen molar-refractivity contribution >= 4 is 46.4 Å². The molecule has 0 heterocycles. The molecule has 0 aliphatic rings. The molecule has 5 heteroatoms. The molecule has 0 nitrogen and oxygen atoms in total. The Kier molecular flexibility index (Phi) is 5.79. The molecule has 0 spiro atoms. The largest absolute Gasteiger partial charge is 0.207 e. The lowest BCUT2D eigenvalue weighted by atomic mass is 9.78. The molecule has 0 N–H and O–H groups in total. The molecule has 0 amide bonds. The van der Waals surface area contributed by atoms with Gasteiger partial charge in [0.2, 0.25) is 0 Å². The zero-order chi connectivity index (χ0) is 15.5. The summed E-state index contributed by atoms with van der Waals surface area (Å²) in [4.78, 5) is 0. The summed E-state index contributed by atoms with van der Waals surface area (Å²) in [5, 5.41) is 0.924. The van der Waals surface area contributed by atoms with Crippen LogP contribution in [0, 0.1) is 5.82 Å². The van der Waals surface area contributed by atoms with Gasteiger partial charge in [-0.2, -0.15) is 0 Å². The van der Waals surface area contributed by atoms with Crippen molar-refractivity contribution in [2.24, 2.45) is 0 Å². The van der Waals surface area contributed by atoms with Crippen molar-refractivity contribution < 1.29 is 4.39 Å². The smallest absolute Gasteiger partial charge is 0.127 e. The Morgan fingerprint density at radius 1 is 0.857 bits per heavy atom. The van der Waals surface area contributed by atoms with Crippen LogP contribution in [0.15, 0.2) is 42.5 Å². The van der Waals surface area contributed by atoms with Gasteiger partial charge in [0.15, 0.2) is 0 Å². The van der Waals surface area contributed by atoms with E-state index in [2.05, 4.69) is 0 Å². The van der Waals surface area contributed by atoms with Crippen molar-refractivity contribution in [3.8, 4) is 0 Å². The van der Waals surface area contributed by atoms with E-state index < -0.39 is 5.41 Å². The third-order valence-electron chi connectivity index (χ3n) is 3.53. The van der Waals surface area contributed by atoms with Gasteiger partial charge in [-0.15, -0.1) is 23.2 Å². The Bertz CT molecular complexity index is 603. The molecule has 0 unspecified atom stereocenters. The Balaban J connectivity index is 2.51. The SMILES string of the molecule is Fc1cccc(Cl)c1CC(CCl)(CCl)c1ccccc1Cl. The van der Waals surface area contributed by atoms with Crippen molar-refractivity contribution in [3.05, 3.63) is 69.5 Å². The fourth-order valence-electron chi connectivity index (χ4n) is 2.30. The molecule has 0 saturated carbocycles. The highest BCUT2D eigenvalue weighted by molar-refractivity contribution is 6.32. The molecular formula is C16H13Cl4F. The topological polar surface area (TPSA) is 0 Å². The molecule has 0 aliphatic heterocycles. The van der Waals surface area contributed by atoms with E-state index in [0.29, 0.717) is 15.6 Å². The first-order valence-corrected chi connectivity index (χ1v) is 8.16. The Morgan fingerprint density at radius 2 is 1.48 bits per heavy atom. The molecule has 0 radical (unpaired) electrons. The van der Waals surface area contributed by atoms with Crippen LogP contribution in [0.4, 0.5) is 4.39 Å². The highest BCUT2D eigenvalue weighted by atomic mass is 35.5. The summed E-state index contributed by atoms with van der Waals surface area (Å²) in [5.74, 6) is 0.0599. The van der Waals surface area contributed by atoms with E-state index in [0.717, 1.165) is 5.56 Å². The molecule has 0 bridgehead atoms. The van der Waals surface area contributed by atoms with Crippen LogP contribution in [0.25, 0.3) is 0 Å². The zero-order valence-electron chi connectivity index (χ0n) is 11.1. The summed E-state index contributed by atoms with van der Waals surface area (Å²) >= 11 is 24.7. The standard InChI is InChI=1S/C16H13Cl4F/c17-9-16(10-18,12-4-1-2-5-14(12)20)8-11-13(19)6-3-7-15(11)21/h1-7H,8-10H2. The van der Waals surface area contributed by atoms with Crippen LogP contribution in [0.5, 0.6) is 0 Å². The minimum atomic E-state index is -0.673. The predicted molar refractivity (Wildman–Crippen MR) is 89.7 cm³/mol. The number of rotatable bonds is 5. The highest BCUT2D eigenvalue weighted by Crippen LogP contribution is 2.38. The predicted octanol–water partition coefficient (Wildman–Crippen LogP) is 6.09. The first-order chi connectivity index (χ1) is 10.0. The normalized spacial score (nSPS) is 11.7. The van der Waals surface area contributed by atoms with E-state index in [1.807, 2.05) is 18.2 Å².